The van der Waals surface area contributed by atoms with E-state index in [0.29, 0.717) is 5.75 Å². The van der Waals surface area contributed by atoms with Gasteiger partial charge in [-0.05, 0) is 44.7 Å². The van der Waals surface area contributed by atoms with Crippen molar-refractivity contribution in [1.29, 1.82) is 0 Å². The molecule has 2 atom stereocenters. The van der Waals surface area contributed by atoms with E-state index in [1.54, 1.807) is 31.2 Å². The van der Waals surface area contributed by atoms with Crippen molar-refractivity contribution in [1.82, 2.24) is 5.09 Å². The smallest absolute Gasteiger partial charge is 0.409 e. The molecule has 0 radical (unpaired) electrons. The number of unbranched alkanes of at least 4 members (excludes halogenated alkanes) is 8. The number of benzene rings is 1. The number of rotatable bonds is 18. The maximum atomic E-state index is 12.6. The summed E-state index contributed by atoms with van der Waals surface area (Å²) in [5, 5.41) is 2.60. The van der Waals surface area contributed by atoms with Crippen LogP contribution in [0.3, 0.4) is 0 Å². The van der Waals surface area contributed by atoms with Crippen LogP contribution in [0.5, 0.6) is 5.75 Å². The Morgan fingerprint density at radius 3 is 1.97 bits per heavy atom. The molecule has 0 aliphatic rings. The molecule has 0 spiro atoms. The average Bonchev–Trinajstić information content (AvgIpc) is 2.73. The highest BCUT2D eigenvalue weighted by molar-refractivity contribution is 7.84. The van der Waals surface area contributed by atoms with Crippen LogP contribution in [-0.2, 0) is 14.1 Å². The fraction of sp³-hybridized carbons (Fsp3) is 0.708. The highest BCUT2D eigenvalue weighted by Gasteiger charge is 2.29. The monoisotopic (exact) mass is 473 g/mol. The second kappa shape index (κ2) is 16.6. The zero-order chi connectivity index (χ0) is 23.0. The van der Waals surface area contributed by atoms with Gasteiger partial charge in [-0.15, -0.1) is 0 Å². The number of carbonyl (C=O) groups is 1. The molecule has 1 rings (SSSR count). The Hall–Kier alpha value is -1.03. The molecule has 0 saturated carbocycles. The zero-order valence-electron chi connectivity index (χ0n) is 19.5. The van der Waals surface area contributed by atoms with E-state index in [0.717, 1.165) is 38.5 Å². The van der Waals surface area contributed by atoms with Crippen LogP contribution < -0.4 is 9.61 Å². The molecule has 7 heteroatoms. The van der Waals surface area contributed by atoms with Gasteiger partial charge in [-0.3, -0.25) is 4.79 Å². The Balaban J connectivity index is 2.53. The molecule has 0 aliphatic heterocycles. The first-order valence-corrected chi connectivity index (χ1v) is 14.4. The molecule has 178 valence electrons. The van der Waals surface area contributed by atoms with Gasteiger partial charge in [0.15, 0.2) is 0 Å². The Morgan fingerprint density at radius 2 is 1.45 bits per heavy atom. The summed E-state index contributed by atoms with van der Waals surface area (Å²) >= 11 is 6.02. The average molecular weight is 474 g/mol. The first-order valence-electron chi connectivity index (χ1n) is 11.9. The predicted octanol–water partition coefficient (Wildman–Crippen LogP) is 8.02. The summed E-state index contributed by atoms with van der Waals surface area (Å²) in [5.74, 6) is -0.0596. The van der Waals surface area contributed by atoms with Crippen molar-refractivity contribution in [2.24, 2.45) is 0 Å². The van der Waals surface area contributed by atoms with Crippen LogP contribution in [0.1, 0.15) is 97.8 Å². The fourth-order valence-corrected chi connectivity index (χ4v) is 5.10. The lowest BCUT2D eigenvalue weighted by Crippen LogP contribution is -2.35. The van der Waals surface area contributed by atoms with Crippen molar-refractivity contribution in [3.63, 3.8) is 0 Å². The van der Waals surface area contributed by atoms with Crippen LogP contribution in [-0.4, -0.2) is 18.1 Å². The Labute approximate surface area is 193 Å². The lowest BCUT2D eigenvalue weighted by atomic mass is 10.0. The molecule has 1 aromatic rings. The normalized spacial score (nSPS) is 14.2. The Kier molecular flexibility index (Phi) is 15.0. The maximum Gasteiger partial charge on any atom is 0.409 e. The summed E-state index contributed by atoms with van der Waals surface area (Å²) in [6, 6.07) is 7.84. The van der Waals surface area contributed by atoms with E-state index in [4.69, 9.17) is 20.5 Å². The molecule has 1 unspecified atom stereocenters. The van der Waals surface area contributed by atoms with Gasteiger partial charge in [0.2, 0.25) is 0 Å². The van der Waals surface area contributed by atoms with E-state index in [-0.39, 0.29) is 6.10 Å². The number of nitrogens with one attached hydrogen (secondary N) is 1. The van der Waals surface area contributed by atoms with Gasteiger partial charge in [0, 0.05) is 11.2 Å². The molecule has 1 N–H and O–H groups in total. The van der Waals surface area contributed by atoms with E-state index in [9.17, 15) is 9.36 Å². The van der Waals surface area contributed by atoms with Crippen LogP contribution in [0.4, 0.5) is 0 Å². The third-order valence-corrected chi connectivity index (χ3v) is 6.85. The van der Waals surface area contributed by atoms with Gasteiger partial charge >= 0.3 is 12.8 Å². The molecule has 0 heterocycles. The van der Waals surface area contributed by atoms with E-state index in [1.807, 2.05) is 6.07 Å². The number of halogens is 1. The van der Waals surface area contributed by atoms with Gasteiger partial charge < -0.3 is 9.26 Å². The highest BCUT2D eigenvalue weighted by Crippen LogP contribution is 2.48. The number of para-hydroxylation sites is 1. The topological polar surface area (TPSA) is 64.6 Å². The van der Waals surface area contributed by atoms with Crippen LogP contribution in [0.25, 0.3) is 0 Å². The van der Waals surface area contributed by atoms with E-state index >= 15 is 0 Å². The first kappa shape index (κ1) is 28.0. The zero-order valence-corrected chi connectivity index (χ0v) is 21.1. The number of carbonyl (C=O) groups excluding carboxylic acids is 1. The van der Waals surface area contributed by atoms with Crippen molar-refractivity contribution in [3.05, 3.63) is 30.3 Å². The number of hydrogen-bond acceptors (Lipinski definition) is 4. The number of esters is 1. The molecule has 0 saturated heterocycles. The lowest BCUT2D eigenvalue weighted by Gasteiger charge is -2.22. The molecule has 0 aliphatic carbocycles. The van der Waals surface area contributed by atoms with Gasteiger partial charge in [0.25, 0.3) is 0 Å². The predicted molar refractivity (Wildman–Crippen MR) is 130 cm³/mol. The first-order chi connectivity index (χ1) is 14.9. The summed E-state index contributed by atoms with van der Waals surface area (Å²) in [7, 11) is 0. The number of ether oxygens (including phenoxy) is 1. The summed E-state index contributed by atoms with van der Waals surface area (Å²) < 4.78 is 23.7. The summed E-state index contributed by atoms with van der Waals surface area (Å²) in [6.07, 6.45) is 13.4. The maximum absolute atomic E-state index is 12.6. The van der Waals surface area contributed by atoms with Crippen molar-refractivity contribution in [3.8, 4) is 5.75 Å². The van der Waals surface area contributed by atoms with Crippen molar-refractivity contribution in [2.75, 3.05) is 0 Å². The molecule has 0 fully saturated rings. The lowest BCUT2D eigenvalue weighted by molar-refractivity contribution is -0.151. The SMILES string of the molecule is CCCCCCCC(CCCCCCC)OC(=O)[C@H](C)NP(=O)(Cl)Oc1ccccc1. The Bertz CT molecular complexity index is 630. The molecule has 31 heavy (non-hydrogen) atoms. The standard InChI is InChI=1S/C24H41ClNO4P/c1-4-6-8-10-13-17-22(18-14-11-9-7-5-2)29-24(27)21(3)26-31(25,28)30-23-19-15-12-16-20-23/h12,15-16,19-22H,4-11,13-14,17-18H2,1-3H3,(H,26,28)/t21-,31?/m0/s1. The van der Waals surface area contributed by atoms with E-state index in [1.165, 1.54) is 38.5 Å². The van der Waals surface area contributed by atoms with Crippen molar-refractivity contribution >= 4 is 24.1 Å². The molecule has 0 amide bonds. The third kappa shape index (κ3) is 13.9. The second-order valence-electron chi connectivity index (χ2n) is 8.20. The summed E-state index contributed by atoms with van der Waals surface area (Å²) in [4.78, 5) is 12.6. The van der Waals surface area contributed by atoms with Gasteiger partial charge in [-0.2, -0.15) is 0 Å². The van der Waals surface area contributed by atoms with Crippen LogP contribution in [0, 0.1) is 0 Å². The van der Waals surface area contributed by atoms with Gasteiger partial charge in [0.1, 0.15) is 17.9 Å². The molecular formula is C24H41ClNO4P. The fourth-order valence-electron chi connectivity index (χ4n) is 3.41. The summed E-state index contributed by atoms with van der Waals surface area (Å²) in [5.41, 5.74) is 0. The largest absolute Gasteiger partial charge is 0.461 e. The van der Waals surface area contributed by atoms with E-state index in [2.05, 4.69) is 18.9 Å². The highest BCUT2D eigenvalue weighted by atomic mass is 35.7. The molecule has 5 nitrogen and oxygen atoms in total. The molecule has 0 bridgehead atoms. The minimum atomic E-state index is -3.71. The second-order valence-corrected chi connectivity index (χ2v) is 10.9. The van der Waals surface area contributed by atoms with Crippen LogP contribution in [0.2, 0.25) is 0 Å². The molecule has 0 aromatic heterocycles. The Morgan fingerprint density at radius 1 is 0.935 bits per heavy atom. The van der Waals surface area contributed by atoms with Gasteiger partial charge in [-0.25, -0.2) is 9.65 Å². The molecule has 1 aromatic carbocycles. The van der Waals surface area contributed by atoms with Gasteiger partial charge in [-0.1, -0.05) is 83.4 Å². The minimum absolute atomic E-state index is 0.107. The van der Waals surface area contributed by atoms with Crippen molar-refractivity contribution in [2.45, 2.75) is 110 Å². The molecular weight excluding hydrogens is 433 g/mol. The minimum Gasteiger partial charge on any atom is -0.461 e. The van der Waals surface area contributed by atoms with E-state index < -0.39 is 18.9 Å². The van der Waals surface area contributed by atoms with Crippen LogP contribution in [0.15, 0.2) is 30.3 Å². The van der Waals surface area contributed by atoms with Crippen LogP contribution >= 0.6 is 18.1 Å². The van der Waals surface area contributed by atoms with Gasteiger partial charge in [0.05, 0.1) is 0 Å². The number of hydrogen-bond donors (Lipinski definition) is 1. The summed E-state index contributed by atoms with van der Waals surface area (Å²) in [6.45, 7) is 2.29. The quantitative estimate of drug-likeness (QED) is 0.133. The third-order valence-electron chi connectivity index (χ3n) is 5.21. The van der Waals surface area contributed by atoms with Crippen molar-refractivity contribution < 1.29 is 18.6 Å².